The maximum Gasteiger partial charge on any atom is 0.334 e. The second-order valence-corrected chi connectivity index (χ2v) is 5.87. The van der Waals surface area contributed by atoms with Crippen molar-refractivity contribution in [3.63, 3.8) is 0 Å². The van der Waals surface area contributed by atoms with Gasteiger partial charge in [0.1, 0.15) is 0 Å². The molecule has 1 amide bonds. The molecule has 0 spiro atoms. The molecule has 2 aliphatic rings. The molecule has 114 valence electrons. The van der Waals surface area contributed by atoms with Gasteiger partial charge in [0, 0.05) is 19.1 Å². The van der Waals surface area contributed by atoms with Crippen LogP contribution >= 0.6 is 0 Å². The maximum atomic E-state index is 12.1. The number of rotatable bonds is 4. The maximum absolute atomic E-state index is 12.1. The molecule has 0 aromatic carbocycles. The Morgan fingerprint density at radius 3 is 2.80 bits per heavy atom. The van der Waals surface area contributed by atoms with Crippen LogP contribution in [0.4, 0.5) is 0 Å². The average molecular weight is 284 g/mol. The van der Waals surface area contributed by atoms with Crippen molar-refractivity contribution in [2.24, 2.45) is 5.92 Å². The number of aliphatic carboxylic acids is 1. The first-order valence-corrected chi connectivity index (χ1v) is 7.42. The molecule has 1 aliphatic heterocycles. The first kappa shape index (κ1) is 15.3. The lowest BCUT2D eigenvalue weighted by Gasteiger charge is -2.33. The zero-order valence-electron chi connectivity index (χ0n) is 12.0. The van der Waals surface area contributed by atoms with Gasteiger partial charge in [0.05, 0.1) is 13.2 Å². The van der Waals surface area contributed by atoms with Gasteiger partial charge in [-0.15, -0.1) is 0 Å². The number of hydrogen-bond acceptors (Lipinski definition) is 4. The second-order valence-electron chi connectivity index (χ2n) is 5.87. The van der Waals surface area contributed by atoms with Crippen LogP contribution in [0.15, 0.2) is 0 Å². The number of morpholine rings is 1. The van der Waals surface area contributed by atoms with E-state index in [0.717, 1.165) is 6.42 Å². The molecule has 20 heavy (non-hydrogen) atoms. The lowest BCUT2D eigenvalue weighted by atomic mass is 9.86. The number of nitrogens with zero attached hydrogens (tertiary/aromatic N) is 1. The van der Waals surface area contributed by atoms with Gasteiger partial charge in [0.15, 0.2) is 6.10 Å². The summed E-state index contributed by atoms with van der Waals surface area (Å²) in [6.07, 6.45) is 3.83. The summed E-state index contributed by atoms with van der Waals surface area (Å²) in [7, 11) is 0. The van der Waals surface area contributed by atoms with Crippen molar-refractivity contribution in [1.29, 1.82) is 0 Å². The highest BCUT2D eigenvalue weighted by atomic mass is 16.5. The fourth-order valence-electron chi connectivity index (χ4n) is 2.98. The van der Waals surface area contributed by atoms with Crippen LogP contribution in [0.3, 0.4) is 0 Å². The minimum Gasteiger partial charge on any atom is -0.479 e. The van der Waals surface area contributed by atoms with Gasteiger partial charge in [-0.3, -0.25) is 9.69 Å². The fraction of sp³-hybridized carbons (Fsp3) is 0.857. The Labute approximate surface area is 119 Å². The molecule has 2 rings (SSSR count). The summed E-state index contributed by atoms with van der Waals surface area (Å²) in [6, 6.07) is 0.271. The monoisotopic (exact) mass is 284 g/mol. The van der Waals surface area contributed by atoms with Crippen LogP contribution in [0.5, 0.6) is 0 Å². The number of carbonyl (C=O) groups is 2. The van der Waals surface area contributed by atoms with Gasteiger partial charge in [-0.05, 0) is 18.8 Å². The molecular formula is C14H24N2O4. The molecule has 2 N–H and O–H groups in total. The Kier molecular flexibility index (Phi) is 5.37. The molecule has 6 heteroatoms. The Balaban J connectivity index is 1.77. The largest absolute Gasteiger partial charge is 0.479 e. The van der Waals surface area contributed by atoms with Crippen molar-refractivity contribution in [3.8, 4) is 0 Å². The highest BCUT2D eigenvalue weighted by molar-refractivity contribution is 5.78. The SMILES string of the molecule is CC1CCCCC1NC(=O)CN1CCOC(C(=O)O)C1. The van der Waals surface area contributed by atoms with Crippen molar-refractivity contribution in [2.75, 3.05) is 26.2 Å². The number of nitrogens with one attached hydrogen (secondary N) is 1. The highest BCUT2D eigenvalue weighted by Gasteiger charge is 2.28. The van der Waals surface area contributed by atoms with Gasteiger partial charge < -0.3 is 15.2 Å². The normalized spacial score (nSPS) is 31.8. The van der Waals surface area contributed by atoms with E-state index in [1.807, 2.05) is 4.90 Å². The number of carboxylic acid groups (broad SMARTS) is 1. The van der Waals surface area contributed by atoms with E-state index in [1.165, 1.54) is 19.3 Å². The molecule has 0 aromatic heterocycles. The number of ether oxygens (including phenoxy) is 1. The molecule has 1 aliphatic carbocycles. The summed E-state index contributed by atoms with van der Waals surface area (Å²) >= 11 is 0. The average Bonchev–Trinajstić information content (AvgIpc) is 2.41. The zero-order valence-corrected chi connectivity index (χ0v) is 12.0. The van der Waals surface area contributed by atoms with E-state index in [1.54, 1.807) is 0 Å². The zero-order chi connectivity index (χ0) is 14.5. The lowest BCUT2D eigenvalue weighted by molar-refractivity contribution is -0.156. The Morgan fingerprint density at radius 2 is 2.10 bits per heavy atom. The first-order valence-electron chi connectivity index (χ1n) is 7.42. The van der Waals surface area contributed by atoms with E-state index < -0.39 is 12.1 Å². The predicted molar refractivity (Wildman–Crippen MR) is 73.4 cm³/mol. The van der Waals surface area contributed by atoms with E-state index in [2.05, 4.69) is 12.2 Å². The summed E-state index contributed by atoms with van der Waals surface area (Å²) in [4.78, 5) is 24.8. The molecule has 0 aromatic rings. The first-order chi connectivity index (χ1) is 9.56. The topological polar surface area (TPSA) is 78.9 Å². The smallest absolute Gasteiger partial charge is 0.334 e. The molecule has 3 atom stereocenters. The Bertz CT molecular complexity index is 361. The molecule has 0 bridgehead atoms. The van der Waals surface area contributed by atoms with Gasteiger partial charge in [-0.1, -0.05) is 19.8 Å². The molecule has 6 nitrogen and oxygen atoms in total. The standard InChI is InChI=1S/C14H24N2O4/c1-10-4-2-3-5-11(10)15-13(17)9-16-6-7-20-12(8-16)14(18)19/h10-12H,2-9H2,1H3,(H,15,17)(H,18,19). The Morgan fingerprint density at radius 1 is 1.35 bits per heavy atom. The third-order valence-corrected chi connectivity index (χ3v) is 4.25. The van der Waals surface area contributed by atoms with Crippen LogP contribution in [0.2, 0.25) is 0 Å². The van der Waals surface area contributed by atoms with Crippen molar-refractivity contribution < 1.29 is 19.4 Å². The Hall–Kier alpha value is -1.14. The number of hydrogen-bond donors (Lipinski definition) is 2. The minimum atomic E-state index is -0.962. The lowest BCUT2D eigenvalue weighted by Crippen LogP contribution is -2.51. The molecule has 3 unspecified atom stereocenters. The summed E-state index contributed by atoms with van der Waals surface area (Å²) < 4.78 is 5.15. The molecule has 1 saturated heterocycles. The third kappa shape index (κ3) is 4.18. The van der Waals surface area contributed by atoms with Crippen LogP contribution in [0.25, 0.3) is 0 Å². The minimum absolute atomic E-state index is 0.00483. The van der Waals surface area contributed by atoms with Crippen LogP contribution < -0.4 is 5.32 Å². The van der Waals surface area contributed by atoms with Gasteiger partial charge in [0.2, 0.25) is 5.91 Å². The number of carboxylic acids is 1. The summed E-state index contributed by atoms with van der Waals surface area (Å²) in [5.74, 6) is -0.435. The second kappa shape index (κ2) is 7.04. The van der Waals surface area contributed by atoms with Crippen molar-refractivity contribution >= 4 is 11.9 Å². The van der Waals surface area contributed by atoms with Crippen LogP contribution in [-0.2, 0) is 14.3 Å². The molecule has 0 radical (unpaired) electrons. The quantitative estimate of drug-likeness (QED) is 0.784. The van der Waals surface area contributed by atoms with Crippen molar-refractivity contribution in [1.82, 2.24) is 10.2 Å². The van der Waals surface area contributed by atoms with Gasteiger partial charge >= 0.3 is 5.97 Å². The van der Waals surface area contributed by atoms with Crippen LogP contribution in [0.1, 0.15) is 32.6 Å². The van der Waals surface area contributed by atoms with Gasteiger partial charge in [0.25, 0.3) is 0 Å². The molecular weight excluding hydrogens is 260 g/mol. The summed E-state index contributed by atoms with van der Waals surface area (Å²) in [5.41, 5.74) is 0. The number of carbonyl (C=O) groups excluding carboxylic acids is 1. The van der Waals surface area contributed by atoms with E-state index in [4.69, 9.17) is 9.84 Å². The molecule has 1 heterocycles. The van der Waals surface area contributed by atoms with Gasteiger partial charge in [-0.2, -0.15) is 0 Å². The summed E-state index contributed by atoms with van der Waals surface area (Å²) in [5, 5.41) is 12.0. The van der Waals surface area contributed by atoms with Gasteiger partial charge in [-0.25, -0.2) is 4.79 Å². The van der Waals surface area contributed by atoms with Crippen molar-refractivity contribution in [3.05, 3.63) is 0 Å². The van der Waals surface area contributed by atoms with E-state index in [9.17, 15) is 9.59 Å². The van der Waals surface area contributed by atoms with Crippen molar-refractivity contribution in [2.45, 2.75) is 44.8 Å². The van der Waals surface area contributed by atoms with E-state index in [0.29, 0.717) is 19.1 Å². The highest BCUT2D eigenvalue weighted by Crippen LogP contribution is 2.23. The molecule has 2 fully saturated rings. The predicted octanol–water partition coefficient (Wildman–Crippen LogP) is 0.467. The molecule has 1 saturated carbocycles. The van der Waals surface area contributed by atoms with Crippen LogP contribution in [0, 0.1) is 5.92 Å². The van der Waals surface area contributed by atoms with E-state index >= 15 is 0 Å². The van der Waals surface area contributed by atoms with E-state index in [-0.39, 0.29) is 25.0 Å². The summed E-state index contributed by atoms with van der Waals surface area (Å²) in [6.45, 7) is 3.69. The number of amides is 1. The third-order valence-electron chi connectivity index (χ3n) is 4.25. The fourth-order valence-corrected chi connectivity index (χ4v) is 2.98. The van der Waals surface area contributed by atoms with Crippen LogP contribution in [-0.4, -0.2) is 60.3 Å².